The molecule has 7 heavy (non-hydrogen) atoms. The van der Waals surface area contributed by atoms with Crippen LogP contribution < -0.4 is 0 Å². The predicted octanol–water partition coefficient (Wildman–Crippen LogP) is 0.844. The van der Waals surface area contributed by atoms with E-state index in [0.29, 0.717) is 0 Å². The summed E-state index contributed by atoms with van der Waals surface area (Å²) in [4.78, 5) is 0. The highest BCUT2D eigenvalue weighted by atomic mass is 79.9. The minimum Gasteiger partial charge on any atom is -0.633 e. The van der Waals surface area contributed by atoms with Crippen molar-refractivity contribution in [2.24, 2.45) is 0 Å². The van der Waals surface area contributed by atoms with Crippen LogP contribution in [0.15, 0.2) is 0 Å². The van der Waals surface area contributed by atoms with E-state index in [2.05, 4.69) is 21.0 Å². The maximum Gasteiger partial charge on any atom is 0.526 e. The molecule has 0 rings (SSSR count). The Bertz CT molecular complexity index is 43.9. The molecule has 0 aliphatic carbocycles. The molecule has 0 saturated heterocycles. The molecule has 0 N–H and O–H groups in total. The van der Waals surface area contributed by atoms with Crippen molar-refractivity contribution in [2.75, 3.05) is 0 Å². The first-order chi connectivity index (χ1) is 3.31. The summed E-state index contributed by atoms with van der Waals surface area (Å²) in [5.74, 6) is 0. The van der Waals surface area contributed by atoms with Crippen LogP contribution in [0, 0.1) is 0 Å². The number of hydrogen-bond acceptors (Lipinski definition) is 1. The molecule has 0 aliphatic heterocycles. The topological polar surface area (TPSA) is 9.23 Å². The molecular formula is C3H9Al2BrO. The van der Waals surface area contributed by atoms with E-state index < -0.39 is 12.7 Å². The Morgan fingerprint density at radius 3 is 2.57 bits per heavy atom. The summed E-state index contributed by atoms with van der Waals surface area (Å²) in [6, 6.07) is 0. The Morgan fingerprint density at radius 2 is 2.43 bits per heavy atom. The van der Waals surface area contributed by atoms with Crippen molar-refractivity contribution >= 4 is 43.3 Å². The fraction of sp³-hybridized carbons (Fsp3) is 1.00. The minimum atomic E-state index is -0.807. The van der Waals surface area contributed by atoms with E-state index >= 15 is 0 Å². The molecule has 0 aromatic rings. The van der Waals surface area contributed by atoms with Gasteiger partial charge in [-0.1, -0.05) is 18.6 Å². The van der Waals surface area contributed by atoms with Gasteiger partial charge in [-0.05, 0) is 0 Å². The van der Waals surface area contributed by atoms with Crippen LogP contribution in [0.5, 0.6) is 0 Å². The number of halogens is 1. The number of rotatable bonds is 3. The molecular weight excluding hydrogens is 186 g/mol. The lowest BCUT2D eigenvalue weighted by atomic mass is 10.6. The summed E-state index contributed by atoms with van der Waals surface area (Å²) in [5, 5.41) is 1.27. The summed E-state index contributed by atoms with van der Waals surface area (Å²) < 4.78 is 5.18. The summed E-state index contributed by atoms with van der Waals surface area (Å²) in [5.41, 5.74) is 0. The van der Waals surface area contributed by atoms with Gasteiger partial charge in [-0.15, -0.1) is 0 Å². The lowest BCUT2D eigenvalue weighted by Crippen LogP contribution is -2.05. The molecule has 0 heterocycles. The van der Waals surface area contributed by atoms with Crippen LogP contribution in [0.2, 0.25) is 5.28 Å². The zero-order valence-corrected chi connectivity index (χ0v) is 9.52. The van der Waals surface area contributed by atoms with Crippen LogP contribution in [0.4, 0.5) is 0 Å². The second kappa shape index (κ2) is 5.64. The van der Waals surface area contributed by atoms with Gasteiger partial charge in [0.2, 0.25) is 0 Å². The van der Waals surface area contributed by atoms with E-state index in [0.717, 1.165) is 16.6 Å². The first-order valence-electron chi connectivity index (χ1n) is 2.48. The fourth-order valence-electron chi connectivity index (χ4n) is 0.345. The third kappa shape index (κ3) is 5.37. The third-order valence-electron chi connectivity index (χ3n) is 0.771. The Morgan fingerprint density at radius 1 is 1.86 bits per heavy atom. The van der Waals surface area contributed by atoms with Crippen LogP contribution in [0.25, 0.3) is 0 Å². The van der Waals surface area contributed by atoms with Crippen molar-refractivity contribution in [2.45, 2.75) is 18.6 Å². The normalized spacial score (nSPS) is 8.86. The van der Waals surface area contributed by atoms with E-state index in [-0.39, 0.29) is 0 Å². The predicted molar refractivity (Wildman–Crippen MR) is 39.4 cm³/mol. The van der Waals surface area contributed by atoms with Gasteiger partial charge < -0.3 is 2.84 Å². The van der Waals surface area contributed by atoms with Crippen LogP contribution in [0.1, 0.15) is 13.3 Å². The molecule has 0 spiro atoms. The highest BCUT2D eigenvalue weighted by Gasteiger charge is 2.09. The number of hydrogen-bond donors (Lipinski definition) is 0. The van der Waals surface area contributed by atoms with Crippen LogP contribution in [0.3, 0.4) is 0 Å². The lowest BCUT2D eigenvalue weighted by Gasteiger charge is -1.97. The molecule has 1 nitrogen and oxygen atoms in total. The van der Waals surface area contributed by atoms with Crippen molar-refractivity contribution in [1.29, 1.82) is 0 Å². The molecule has 0 aromatic heterocycles. The molecule has 0 bridgehead atoms. The van der Waals surface area contributed by atoms with E-state index in [1.54, 1.807) is 0 Å². The largest absolute Gasteiger partial charge is 0.633 e. The second-order valence-corrected chi connectivity index (χ2v) is 7.78. The molecule has 0 atom stereocenters. The smallest absolute Gasteiger partial charge is 0.526 e. The van der Waals surface area contributed by atoms with Crippen molar-refractivity contribution in [3.05, 3.63) is 0 Å². The Kier molecular flexibility index (Phi) is 6.85. The maximum atomic E-state index is 5.18. The quantitative estimate of drug-likeness (QED) is 0.606. The fourth-order valence-corrected chi connectivity index (χ4v) is 3.12. The van der Waals surface area contributed by atoms with Gasteiger partial charge in [-0.25, -0.2) is 0 Å². The van der Waals surface area contributed by atoms with Crippen molar-refractivity contribution in [3.63, 3.8) is 0 Å². The molecule has 0 radical (unpaired) electrons. The van der Waals surface area contributed by atoms with Crippen molar-refractivity contribution in [3.8, 4) is 0 Å². The van der Waals surface area contributed by atoms with Crippen LogP contribution in [-0.4, -0.2) is 29.3 Å². The lowest BCUT2D eigenvalue weighted by molar-refractivity contribution is 0.651. The van der Waals surface area contributed by atoms with Gasteiger partial charge in [0, 0.05) is 0 Å². The summed E-state index contributed by atoms with van der Waals surface area (Å²) in [6.45, 7) is 2.18. The molecule has 0 amide bonds. The zero-order chi connectivity index (χ0) is 5.70. The third-order valence-corrected chi connectivity index (χ3v) is 8.59. The van der Waals surface area contributed by atoms with Gasteiger partial charge in [0.05, 0.1) is 0 Å². The highest BCUT2D eigenvalue weighted by Crippen LogP contribution is 2.02. The average Bonchev–Trinajstić information content (AvgIpc) is 1.68. The Balaban J connectivity index is 2.83. The van der Waals surface area contributed by atoms with Gasteiger partial charge >= 0.3 is 29.3 Å². The van der Waals surface area contributed by atoms with Crippen molar-refractivity contribution in [1.82, 2.24) is 0 Å². The molecule has 0 fully saturated rings. The van der Waals surface area contributed by atoms with Crippen LogP contribution >= 0.6 is 14.1 Å². The van der Waals surface area contributed by atoms with E-state index in [1.165, 1.54) is 11.7 Å². The van der Waals surface area contributed by atoms with Gasteiger partial charge in [0.15, 0.2) is 0 Å². The SMILES string of the molecule is CC[CH2][Al]([Br])[O][AlH2]. The minimum absolute atomic E-state index is 0.807. The van der Waals surface area contributed by atoms with E-state index in [1.807, 2.05) is 0 Å². The Hall–Kier alpha value is 1.50. The standard InChI is InChI=1S/C3H7.2Al.BrH.O.2H/c1-3-2;;;;;;/h1,3H2,2H3;;;1H;;;/q;;+1;;;;/p-1. The molecule has 0 saturated carbocycles. The first-order valence-corrected chi connectivity index (χ1v) is 7.77. The van der Waals surface area contributed by atoms with Gasteiger partial charge in [-0.3, -0.25) is 0 Å². The summed E-state index contributed by atoms with van der Waals surface area (Å²) >= 11 is 3.58. The van der Waals surface area contributed by atoms with E-state index in [9.17, 15) is 0 Å². The second-order valence-electron chi connectivity index (χ2n) is 1.43. The van der Waals surface area contributed by atoms with Crippen LogP contribution in [-0.2, 0) is 2.84 Å². The van der Waals surface area contributed by atoms with Gasteiger partial charge in [0.1, 0.15) is 0 Å². The molecule has 4 heteroatoms. The average molecular weight is 195 g/mol. The van der Waals surface area contributed by atoms with Gasteiger partial charge in [0.25, 0.3) is 0 Å². The maximum absolute atomic E-state index is 5.18. The monoisotopic (exact) mass is 194 g/mol. The molecule has 0 aromatic carbocycles. The molecule has 0 aliphatic rings. The summed E-state index contributed by atoms with van der Waals surface area (Å²) in [7, 11) is 0. The molecule has 0 unspecified atom stereocenters. The van der Waals surface area contributed by atoms with Gasteiger partial charge in [-0.2, -0.15) is 14.1 Å². The van der Waals surface area contributed by atoms with E-state index in [4.69, 9.17) is 2.84 Å². The first kappa shape index (κ1) is 8.50. The zero-order valence-electron chi connectivity index (χ0n) is 4.78. The molecule has 40 valence electrons. The highest BCUT2D eigenvalue weighted by molar-refractivity contribution is 9.24. The van der Waals surface area contributed by atoms with Crippen molar-refractivity contribution < 1.29 is 2.84 Å². The Labute approximate surface area is 64.6 Å². The summed E-state index contributed by atoms with van der Waals surface area (Å²) in [6.07, 6.45) is 1.25.